The number of hydrogen-bond donors (Lipinski definition) is 1. The van der Waals surface area contributed by atoms with Gasteiger partial charge < -0.3 is 9.52 Å². The van der Waals surface area contributed by atoms with Crippen LogP contribution in [0, 0.1) is 0 Å². The van der Waals surface area contributed by atoms with Gasteiger partial charge in [-0.1, -0.05) is 12.1 Å². The second-order valence-electron chi connectivity index (χ2n) is 4.36. The molecule has 0 unspecified atom stereocenters. The van der Waals surface area contributed by atoms with E-state index in [0.29, 0.717) is 11.5 Å². The molecule has 4 heteroatoms. The van der Waals surface area contributed by atoms with Gasteiger partial charge >= 0.3 is 0 Å². The molecule has 0 bridgehead atoms. The van der Waals surface area contributed by atoms with Gasteiger partial charge in [0.1, 0.15) is 23.1 Å². The number of carbonyl (C=O) groups is 2. The van der Waals surface area contributed by atoms with Crippen molar-refractivity contribution < 1.29 is 19.1 Å². The molecule has 4 nitrogen and oxygen atoms in total. The lowest BCUT2D eigenvalue weighted by molar-refractivity contribution is -0.116. The average molecular weight is 258 g/mol. The Morgan fingerprint density at radius 3 is 2.32 bits per heavy atom. The first-order valence-electron chi connectivity index (χ1n) is 5.94. The van der Waals surface area contributed by atoms with Gasteiger partial charge in [0.15, 0.2) is 5.78 Å². The zero-order valence-electron chi connectivity index (χ0n) is 10.6. The molecule has 0 spiro atoms. The molecule has 0 radical (unpaired) electrons. The Bertz CT molecular complexity index is 610. The molecule has 0 aliphatic heterocycles. The van der Waals surface area contributed by atoms with Crippen LogP contribution in [-0.4, -0.2) is 16.7 Å². The number of para-hydroxylation sites is 1. The largest absolute Gasteiger partial charge is 0.507 e. The van der Waals surface area contributed by atoms with Gasteiger partial charge in [0.05, 0.1) is 18.4 Å². The summed E-state index contributed by atoms with van der Waals surface area (Å²) in [4.78, 5) is 22.9. The fourth-order valence-electron chi connectivity index (χ4n) is 1.82. The number of Topliss-reactive ketones (excluding diaryl/α,β-unsaturated/α-hetero) is 2. The van der Waals surface area contributed by atoms with Crippen molar-refractivity contribution in [2.45, 2.75) is 19.8 Å². The predicted octanol–water partition coefficient (Wildman–Crippen LogP) is 2.54. The first-order chi connectivity index (χ1) is 9.06. The Balaban J connectivity index is 2.09. The second-order valence-corrected chi connectivity index (χ2v) is 4.36. The van der Waals surface area contributed by atoms with Crippen LogP contribution in [0.1, 0.15) is 28.8 Å². The minimum Gasteiger partial charge on any atom is -0.507 e. The summed E-state index contributed by atoms with van der Waals surface area (Å²) in [6, 6.07) is 9.75. The molecule has 2 rings (SSSR count). The lowest BCUT2D eigenvalue weighted by Gasteiger charge is -2.01. The maximum absolute atomic E-state index is 12.0. The Morgan fingerprint density at radius 2 is 1.68 bits per heavy atom. The number of furan rings is 1. The van der Waals surface area contributed by atoms with E-state index in [1.165, 1.54) is 13.0 Å². The molecule has 1 aromatic heterocycles. The van der Waals surface area contributed by atoms with E-state index in [-0.39, 0.29) is 35.7 Å². The number of benzene rings is 1. The third kappa shape index (κ3) is 3.31. The molecule has 0 aliphatic rings. The maximum atomic E-state index is 12.0. The molecule has 2 aromatic rings. The highest BCUT2D eigenvalue weighted by Crippen LogP contribution is 2.19. The quantitative estimate of drug-likeness (QED) is 0.837. The molecular weight excluding hydrogens is 244 g/mol. The van der Waals surface area contributed by atoms with Crippen LogP contribution in [0.25, 0.3) is 0 Å². The minimum atomic E-state index is -0.221. The van der Waals surface area contributed by atoms with Gasteiger partial charge in [0, 0.05) is 0 Å². The van der Waals surface area contributed by atoms with Crippen molar-refractivity contribution in [1.29, 1.82) is 0 Å². The van der Waals surface area contributed by atoms with E-state index in [4.69, 9.17) is 4.42 Å². The van der Waals surface area contributed by atoms with Gasteiger partial charge in [0.25, 0.3) is 0 Å². The Kier molecular flexibility index (Phi) is 3.80. The lowest BCUT2D eigenvalue weighted by atomic mass is 10.1. The number of aromatic hydroxyl groups is 1. The molecule has 0 fully saturated rings. The topological polar surface area (TPSA) is 67.5 Å². The molecule has 0 saturated heterocycles. The molecule has 1 N–H and O–H groups in total. The highest BCUT2D eigenvalue weighted by molar-refractivity contribution is 5.99. The number of phenols is 1. The third-order valence-electron chi connectivity index (χ3n) is 2.68. The standard InChI is InChI=1S/C15H14O4/c1-10(16)8-11-6-7-12(19-11)9-15(18)13-4-2-3-5-14(13)17/h2-7,17H,8-9H2,1H3. The summed E-state index contributed by atoms with van der Waals surface area (Å²) >= 11 is 0. The van der Waals surface area contributed by atoms with Crippen LogP contribution < -0.4 is 0 Å². The van der Waals surface area contributed by atoms with Crippen molar-refractivity contribution in [1.82, 2.24) is 0 Å². The van der Waals surface area contributed by atoms with Gasteiger partial charge in [-0.15, -0.1) is 0 Å². The predicted molar refractivity (Wildman–Crippen MR) is 69.2 cm³/mol. The van der Waals surface area contributed by atoms with Crippen molar-refractivity contribution in [3.05, 3.63) is 53.5 Å². The monoisotopic (exact) mass is 258 g/mol. The summed E-state index contributed by atoms with van der Waals surface area (Å²) in [5.74, 6) is 0.787. The average Bonchev–Trinajstić information content (AvgIpc) is 2.76. The zero-order valence-corrected chi connectivity index (χ0v) is 10.6. The van der Waals surface area contributed by atoms with E-state index in [2.05, 4.69) is 0 Å². The van der Waals surface area contributed by atoms with Crippen LogP contribution in [-0.2, 0) is 17.6 Å². The van der Waals surface area contributed by atoms with Crippen LogP contribution >= 0.6 is 0 Å². The van der Waals surface area contributed by atoms with Crippen LogP contribution in [0.15, 0.2) is 40.8 Å². The molecule has 1 heterocycles. The van der Waals surface area contributed by atoms with Crippen molar-refractivity contribution >= 4 is 11.6 Å². The summed E-state index contributed by atoms with van der Waals surface area (Å²) in [6.07, 6.45) is 0.292. The number of hydrogen-bond acceptors (Lipinski definition) is 4. The molecule has 0 atom stereocenters. The fraction of sp³-hybridized carbons (Fsp3) is 0.200. The maximum Gasteiger partial charge on any atom is 0.174 e. The third-order valence-corrected chi connectivity index (χ3v) is 2.68. The first-order valence-corrected chi connectivity index (χ1v) is 5.94. The van der Waals surface area contributed by atoms with Crippen LogP contribution in [0.2, 0.25) is 0 Å². The Hall–Kier alpha value is -2.36. The smallest absolute Gasteiger partial charge is 0.174 e. The Morgan fingerprint density at radius 1 is 1.05 bits per heavy atom. The lowest BCUT2D eigenvalue weighted by Crippen LogP contribution is -2.03. The fourth-order valence-corrected chi connectivity index (χ4v) is 1.82. The van der Waals surface area contributed by atoms with Crippen LogP contribution in [0.4, 0.5) is 0 Å². The van der Waals surface area contributed by atoms with Crippen molar-refractivity contribution in [2.24, 2.45) is 0 Å². The van der Waals surface area contributed by atoms with E-state index < -0.39 is 0 Å². The number of carbonyl (C=O) groups excluding carboxylic acids is 2. The highest BCUT2D eigenvalue weighted by atomic mass is 16.3. The van der Waals surface area contributed by atoms with Gasteiger partial charge in [-0.25, -0.2) is 0 Å². The van der Waals surface area contributed by atoms with E-state index in [1.807, 2.05) is 0 Å². The second kappa shape index (κ2) is 5.52. The highest BCUT2D eigenvalue weighted by Gasteiger charge is 2.13. The van der Waals surface area contributed by atoms with Crippen LogP contribution in [0.3, 0.4) is 0 Å². The van der Waals surface area contributed by atoms with Gasteiger partial charge in [0.2, 0.25) is 0 Å². The number of ketones is 2. The molecule has 0 saturated carbocycles. The molecule has 0 aliphatic carbocycles. The minimum absolute atomic E-state index is 0.00734. The van der Waals surface area contributed by atoms with Crippen molar-refractivity contribution in [2.75, 3.05) is 0 Å². The molecular formula is C15H14O4. The van der Waals surface area contributed by atoms with E-state index >= 15 is 0 Å². The zero-order chi connectivity index (χ0) is 13.8. The van der Waals surface area contributed by atoms with E-state index in [1.54, 1.807) is 30.3 Å². The number of phenolic OH excluding ortho intramolecular Hbond substituents is 1. The first kappa shape index (κ1) is 13.1. The number of rotatable bonds is 5. The summed E-state index contributed by atoms with van der Waals surface area (Å²) < 4.78 is 5.40. The van der Waals surface area contributed by atoms with Crippen molar-refractivity contribution in [3.8, 4) is 5.75 Å². The van der Waals surface area contributed by atoms with Crippen LogP contribution in [0.5, 0.6) is 5.75 Å². The van der Waals surface area contributed by atoms with Gasteiger partial charge in [-0.3, -0.25) is 9.59 Å². The van der Waals surface area contributed by atoms with Gasteiger partial charge in [-0.2, -0.15) is 0 Å². The summed E-state index contributed by atoms with van der Waals surface area (Å²) in [5, 5.41) is 9.59. The van der Waals surface area contributed by atoms with E-state index in [0.717, 1.165) is 0 Å². The normalized spacial score (nSPS) is 10.4. The SMILES string of the molecule is CC(=O)Cc1ccc(CC(=O)c2ccccc2O)o1. The summed E-state index contributed by atoms with van der Waals surface area (Å²) in [5.41, 5.74) is 0.270. The molecule has 98 valence electrons. The van der Waals surface area contributed by atoms with E-state index in [9.17, 15) is 14.7 Å². The Labute approximate surface area is 110 Å². The van der Waals surface area contributed by atoms with Crippen molar-refractivity contribution in [3.63, 3.8) is 0 Å². The van der Waals surface area contributed by atoms with Gasteiger partial charge in [-0.05, 0) is 31.2 Å². The summed E-state index contributed by atoms with van der Waals surface area (Å²) in [6.45, 7) is 1.48. The molecule has 1 aromatic carbocycles. The summed E-state index contributed by atoms with van der Waals surface area (Å²) in [7, 11) is 0. The molecule has 19 heavy (non-hydrogen) atoms. The molecule has 0 amide bonds.